The van der Waals surface area contributed by atoms with Crippen LogP contribution >= 0.6 is 11.8 Å². The number of ether oxygens (including phenoxy) is 9. The van der Waals surface area contributed by atoms with Crippen LogP contribution in [0.15, 0.2) is 54.1 Å². The van der Waals surface area contributed by atoms with Crippen molar-refractivity contribution in [3.05, 3.63) is 54.5 Å². The maximum Gasteiger partial charge on any atom is 0.327 e. The number of carboxylic acids is 1. The molecule has 2 aromatic heterocycles. The van der Waals surface area contributed by atoms with Crippen molar-refractivity contribution in [3.8, 4) is 11.3 Å². The van der Waals surface area contributed by atoms with Gasteiger partial charge in [-0.3, -0.25) is 19.3 Å². The highest BCUT2D eigenvalue weighted by molar-refractivity contribution is 7.98. The third kappa shape index (κ3) is 23.6. The van der Waals surface area contributed by atoms with Gasteiger partial charge in [0, 0.05) is 24.4 Å². The molecule has 1 aromatic carbocycles. The van der Waals surface area contributed by atoms with E-state index in [1.165, 1.54) is 11.8 Å². The Morgan fingerprint density at radius 3 is 1.65 bits per heavy atom. The van der Waals surface area contributed by atoms with Crippen molar-refractivity contribution in [1.82, 2.24) is 35.2 Å². The zero-order valence-electron chi connectivity index (χ0n) is 35.7. The molecule has 3 aromatic rings. The van der Waals surface area contributed by atoms with Gasteiger partial charge >= 0.3 is 5.97 Å². The van der Waals surface area contributed by atoms with Crippen molar-refractivity contribution >= 4 is 35.5 Å². The summed E-state index contributed by atoms with van der Waals surface area (Å²) >= 11 is 1.48. The Hall–Kier alpha value is -4.53. The molecule has 0 fully saturated rings. The van der Waals surface area contributed by atoms with Crippen LogP contribution in [0.4, 0.5) is 0 Å². The zero-order chi connectivity index (χ0) is 45.2. The summed E-state index contributed by atoms with van der Waals surface area (Å²) in [5.74, 6) is -3.79. The number of carbonyl (C=O) groups excluding carboxylic acids is 3. The first-order chi connectivity index (χ1) is 30.8. The van der Waals surface area contributed by atoms with Crippen molar-refractivity contribution in [2.75, 3.05) is 138 Å². The van der Waals surface area contributed by atoms with E-state index in [2.05, 4.69) is 25.6 Å². The Balaban J connectivity index is 1.05. The number of hydrogen-bond acceptors (Lipinski definition) is 19. The van der Waals surface area contributed by atoms with Crippen molar-refractivity contribution in [1.29, 1.82) is 0 Å². The van der Waals surface area contributed by atoms with Crippen molar-refractivity contribution in [2.45, 2.75) is 24.2 Å². The Morgan fingerprint density at radius 1 is 0.714 bits per heavy atom. The van der Waals surface area contributed by atoms with E-state index in [9.17, 15) is 24.3 Å². The van der Waals surface area contributed by atoms with Crippen LogP contribution in [0, 0.1) is 0 Å². The molecule has 23 heteroatoms. The zero-order valence-corrected chi connectivity index (χ0v) is 36.5. The van der Waals surface area contributed by atoms with Crippen LogP contribution in [0.5, 0.6) is 0 Å². The first-order valence-corrected chi connectivity index (χ1v) is 21.6. The lowest BCUT2D eigenvalue weighted by Crippen LogP contribution is -2.54. The number of nitrogens with zero attached hydrogens (tertiary/aromatic N) is 6. The van der Waals surface area contributed by atoms with Crippen molar-refractivity contribution in [3.63, 3.8) is 0 Å². The summed E-state index contributed by atoms with van der Waals surface area (Å²) in [5, 5.41) is 21.1. The highest BCUT2D eigenvalue weighted by Crippen LogP contribution is 2.16. The first kappa shape index (κ1) is 52.8. The van der Waals surface area contributed by atoms with E-state index in [0.717, 1.165) is 5.56 Å². The third-order valence-corrected chi connectivity index (χ3v) is 8.92. The molecule has 0 aliphatic heterocycles. The van der Waals surface area contributed by atoms with E-state index in [1.807, 2.05) is 12.5 Å². The number of aromatic nitrogens is 5. The minimum Gasteiger partial charge on any atom is -0.480 e. The topological polar surface area (TPSA) is 269 Å². The number of amides is 3. The molecule has 3 rings (SSSR count). The molecule has 0 unspecified atom stereocenters. The number of imide groups is 1. The number of carboxylic acid groups (broad SMARTS) is 1. The Morgan fingerprint density at radius 2 is 1.19 bits per heavy atom. The van der Waals surface area contributed by atoms with Gasteiger partial charge in [-0.25, -0.2) is 19.4 Å². The van der Waals surface area contributed by atoms with Gasteiger partial charge in [-0.2, -0.15) is 0 Å². The van der Waals surface area contributed by atoms with Crippen LogP contribution in [0.2, 0.25) is 0 Å². The lowest BCUT2D eigenvalue weighted by atomic mass is 10.0. The predicted molar refractivity (Wildman–Crippen MR) is 226 cm³/mol. The Kier molecular flexibility index (Phi) is 28.5. The van der Waals surface area contributed by atoms with E-state index in [1.54, 1.807) is 47.4 Å². The Bertz CT molecular complexity index is 1700. The summed E-state index contributed by atoms with van der Waals surface area (Å²) in [6.07, 6.45) is 7.09. The molecule has 4 N–H and O–H groups in total. The highest BCUT2D eigenvalue weighted by atomic mass is 32.2. The number of carbonyl (C=O) groups is 4. The molecule has 3 amide bonds. The predicted octanol–water partition coefficient (Wildman–Crippen LogP) is -0.268. The van der Waals surface area contributed by atoms with Gasteiger partial charge in [-0.05, 0) is 11.8 Å². The number of hydrogen-bond donors (Lipinski definition) is 3. The molecule has 0 bridgehead atoms. The minimum atomic E-state index is -1.52. The van der Waals surface area contributed by atoms with Gasteiger partial charge in [0.2, 0.25) is 11.8 Å². The van der Waals surface area contributed by atoms with Gasteiger partial charge in [0.25, 0.3) is 5.91 Å². The summed E-state index contributed by atoms with van der Waals surface area (Å²) < 4.78 is 51.1. The monoisotopic (exact) mass is 908 g/mol. The molecule has 0 spiro atoms. The summed E-state index contributed by atoms with van der Waals surface area (Å²) in [6.45, 7) is 5.35. The maximum absolute atomic E-state index is 13.0. The second-order valence-corrected chi connectivity index (χ2v) is 13.7. The fourth-order valence-corrected chi connectivity index (χ4v) is 5.50. The number of nitrogens with one attached hydrogen (secondary N) is 1. The van der Waals surface area contributed by atoms with E-state index in [-0.39, 0.29) is 32.8 Å². The quantitative estimate of drug-likeness (QED) is 0.0379. The maximum atomic E-state index is 13.0. The summed E-state index contributed by atoms with van der Waals surface area (Å²) in [7, 11) is 0. The molecule has 0 radical (unpaired) electrons. The molecule has 0 saturated heterocycles. The lowest BCUT2D eigenvalue weighted by Gasteiger charge is -2.27. The minimum absolute atomic E-state index is 0.00561. The number of benzene rings is 1. The Labute approximate surface area is 370 Å². The number of aliphatic carboxylic acids is 1. The van der Waals surface area contributed by atoms with Gasteiger partial charge in [0.15, 0.2) is 5.16 Å². The van der Waals surface area contributed by atoms with Gasteiger partial charge in [-0.1, -0.05) is 47.3 Å². The first-order valence-electron chi connectivity index (χ1n) is 20.4. The van der Waals surface area contributed by atoms with E-state index in [4.69, 9.17) is 48.4 Å². The lowest BCUT2D eigenvalue weighted by molar-refractivity contribution is -0.160. The smallest absolute Gasteiger partial charge is 0.327 e. The molecule has 0 aliphatic rings. The van der Waals surface area contributed by atoms with E-state index in [0.29, 0.717) is 120 Å². The van der Waals surface area contributed by atoms with E-state index < -0.39 is 42.9 Å². The number of nitrogens with two attached hydrogens (primary N) is 1. The molecule has 22 nitrogen and oxygen atoms in total. The second kappa shape index (κ2) is 34.0. The molecule has 0 aliphatic carbocycles. The normalized spacial score (nSPS) is 11.7. The summed E-state index contributed by atoms with van der Waals surface area (Å²) in [6, 6.07) is 7.03. The molecule has 1 atom stereocenters. The second-order valence-electron chi connectivity index (χ2n) is 13.0. The van der Waals surface area contributed by atoms with Crippen LogP contribution in [-0.2, 0) is 74.8 Å². The van der Waals surface area contributed by atoms with Crippen molar-refractivity contribution in [2.24, 2.45) is 5.73 Å². The van der Waals surface area contributed by atoms with Crippen LogP contribution in [0.1, 0.15) is 5.56 Å². The summed E-state index contributed by atoms with van der Waals surface area (Å²) in [5.41, 5.74) is 7.38. The summed E-state index contributed by atoms with van der Waals surface area (Å²) in [4.78, 5) is 58.7. The highest BCUT2D eigenvalue weighted by Gasteiger charge is 2.35. The van der Waals surface area contributed by atoms with Crippen LogP contribution in [0.3, 0.4) is 0 Å². The largest absolute Gasteiger partial charge is 0.480 e. The van der Waals surface area contributed by atoms with Crippen LogP contribution in [0.25, 0.3) is 11.3 Å². The molecule has 63 heavy (non-hydrogen) atoms. The molecule has 2 heterocycles. The van der Waals surface area contributed by atoms with Crippen molar-refractivity contribution < 1.29 is 66.9 Å². The number of thioether (sulfide) groups is 1. The molecular weight excluding hydrogens is 849 g/mol. The molecule has 0 saturated carbocycles. The third-order valence-electron chi connectivity index (χ3n) is 8.34. The average Bonchev–Trinajstić information content (AvgIpc) is 3.78. The van der Waals surface area contributed by atoms with Crippen LogP contribution < -0.4 is 11.1 Å². The van der Waals surface area contributed by atoms with E-state index >= 15 is 0 Å². The van der Waals surface area contributed by atoms with Gasteiger partial charge in [0.1, 0.15) is 18.3 Å². The average molecular weight is 909 g/mol. The number of rotatable bonds is 38. The molecular formula is C40H60N8O14S. The van der Waals surface area contributed by atoms with Gasteiger partial charge in [0.05, 0.1) is 138 Å². The van der Waals surface area contributed by atoms with Gasteiger partial charge < -0.3 is 58.8 Å². The van der Waals surface area contributed by atoms with Gasteiger partial charge in [-0.15, -0.1) is 5.10 Å². The van der Waals surface area contributed by atoms with Crippen LogP contribution in [-0.4, -0.2) is 203 Å². The fourth-order valence-electron chi connectivity index (χ4n) is 5.18. The standard InChI is InChI=1S/C40H60N8O14S/c1-63-40-43-27-33(28-44-40)34-30-47(46-45-34)7-8-54-9-10-55-11-12-56-13-14-57-15-16-58-17-18-59-19-20-60-21-22-61-23-24-62-31-38(51)48(37(50)29-42-36(49)26-41)35(39(52)53)25-32-5-3-2-4-6-32/h2-6,27-28,30,35H,7-26,29,31,41H2,1H3,(H,42,49)(H,52,53)/t35-/m0/s1. The SMILES string of the molecule is CSc1ncc(-c2cn(CCOCCOCCOCCOCCOCCOCCOCCOCCOCC(=O)N(C(=O)CNC(=O)CN)[C@@H](Cc3ccccc3)C(=O)O)nn2)cn1. The molecule has 350 valence electrons. The fraction of sp³-hybridized carbons (Fsp3) is 0.600.